The molecule has 0 saturated heterocycles. The highest BCUT2D eigenvalue weighted by molar-refractivity contribution is 7.91. The number of benzene rings is 1. The van der Waals surface area contributed by atoms with Crippen molar-refractivity contribution >= 4 is 26.7 Å². The summed E-state index contributed by atoms with van der Waals surface area (Å²) < 4.78 is 26.5. The summed E-state index contributed by atoms with van der Waals surface area (Å²) in [6.45, 7) is 2.66. The maximum Gasteiger partial charge on any atom is 0.178 e. The molecule has 2 aromatic heterocycles. The number of aryl methyl sites for hydroxylation is 2. The molecule has 0 aliphatic heterocycles. The molecular weight excluding hydrogens is 324 g/mol. The summed E-state index contributed by atoms with van der Waals surface area (Å²) in [5.41, 5.74) is 8.52. The SMILES string of the molecule is Cc1cnc(N)c2ncn(CCCCS(=O)(=O)c3ccccc3)c12. The topological polar surface area (TPSA) is 90.9 Å². The van der Waals surface area contributed by atoms with Crippen LogP contribution in [0.1, 0.15) is 18.4 Å². The molecule has 0 aliphatic carbocycles. The molecule has 1 aromatic carbocycles. The van der Waals surface area contributed by atoms with Crippen molar-refractivity contribution in [3.8, 4) is 0 Å². The van der Waals surface area contributed by atoms with E-state index < -0.39 is 9.84 Å². The van der Waals surface area contributed by atoms with Crippen LogP contribution in [0.3, 0.4) is 0 Å². The van der Waals surface area contributed by atoms with E-state index in [1.807, 2.05) is 17.6 Å². The fraction of sp³-hybridized carbons (Fsp3) is 0.294. The summed E-state index contributed by atoms with van der Waals surface area (Å²) in [7, 11) is -3.21. The molecule has 3 rings (SSSR count). The Morgan fingerprint density at radius 2 is 1.88 bits per heavy atom. The average molecular weight is 344 g/mol. The van der Waals surface area contributed by atoms with Crippen LogP contribution in [-0.4, -0.2) is 28.7 Å². The Kier molecular flexibility index (Phi) is 4.53. The molecule has 24 heavy (non-hydrogen) atoms. The number of fused-ring (bicyclic) bond motifs is 1. The second-order valence-electron chi connectivity index (χ2n) is 5.80. The van der Waals surface area contributed by atoms with Gasteiger partial charge in [-0.25, -0.2) is 18.4 Å². The minimum Gasteiger partial charge on any atom is -0.382 e. The summed E-state index contributed by atoms with van der Waals surface area (Å²) in [6, 6.07) is 8.57. The van der Waals surface area contributed by atoms with Crippen LogP contribution >= 0.6 is 0 Å². The first-order valence-electron chi connectivity index (χ1n) is 7.83. The van der Waals surface area contributed by atoms with Gasteiger partial charge < -0.3 is 10.3 Å². The van der Waals surface area contributed by atoms with Crippen molar-refractivity contribution in [2.75, 3.05) is 11.5 Å². The number of nitrogen functional groups attached to an aromatic ring is 1. The first-order valence-corrected chi connectivity index (χ1v) is 9.48. The number of nitrogens with zero attached hydrogens (tertiary/aromatic N) is 3. The molecule has 0 bridgehead atoms. The van der Waals surface area contributed by atoms with Gasteiger partial charge in [0.2, 0.25) is 0 Å². The summed E-state index contributed by atoms with van der Waals surface area (Å²) in [4.78, 5) is 8.80. The van der Waals surface area contributed by atoms with Crippen molar-refractivity contribution in [2.45, 2.75) is 31.2 Å². The lowest BCUT2D eigenvalue weighted by atomic mass is 10.2. The third kappa shape index (κ3) is 3.26. The van der Waals surface area contributed by atoms with Crippen LogP contribution in [0, 0.1) is 6.92 Å². The number of anilines is 1. The number of sulfone groups is 1. The van der Waals surface area contributed by atoms with E-state index in [4.69, 9.17) is 5.73 Å². The maximum atomic E-state index is 12.3. The van der Waals surface area contributed by atoms with Crippen molar-refractivity contribution in [1.29, 1.82) is 0 Å². The van der Waals surface area contributed by atoms with Crippen molar-refractivity contribution in [2.24, 2.45) is 0 Å². The van der Waals surface area contributed by atoms with Crippen molar-refractivity contribution in [3.63, 3.8) is 0 Å². The molecule has 0 saturated carbocycles. The number of rotatable bonds is 6. The van der Waals surface area contributed by atoms with Crippen LogP contribution in [0.5, 0.6) is 0 Å². The molecule has 0 unspecified atom stereocenters. The highest BCUT2D eigenvalue weighted by Gasteiger charge is 2.14. The lowest BCUT2D eigenvalue weighted by Crippen LogP contribution is -2.08. The maximum absolute atomic E-state index is 12.3. The molecular formula is C17H20N4O2S. The van der Waals surface area contributed by atoms with Gasteiger partial charge in [-0.1, -0.05) is 18.2 Å². The summed E-state index contributed by atoms with van der Waals surface area (Å²) in [5.74, 6) is 0.563. The van der Waals surface area contributed by atoms with Gasteiger partial charge in [0, 0.05) is 12.7 Å². The van der Waals surface area contributed by atoms with Crippen molar-refractivity contribution < 1.29 is 8.42 Å². The van der Waals surface area contributed by atoms with E-state index in [9.17, 15) is 8.42 Å². The molecule has 2 N–H and O–H groups in total. The summed E-state index contributed by atoms with van der Waals surface area (Å²) in [5, 5.41) is 0. The zero-order valence-corrected chi connectivity index (χ0v) is 14.3. The smallest absolute Gasteiger partial charge is 0.178 e. The van der Waals surface area contributed by atoms with Crippen LogP contribution in [0.4, 0.5) is 5.82 Å². The number of hydrogen-bond acceptors (Lipinski definition) is 5. The van der Waals surface area contributed by atoms with Crippen LogP contribution in [-0.2, 0) is 16.4 Å². The number of hydrogen-bond donors (Lipinski definition) is 1. The molecule has 126 valence electrons. The van der Waals surface area contributed by atoms with E-state index in [0.717, 1.165) is 17.5 Å². The lowest BCUT2D eigenvalue weighted by Gasteiger charge is -2.07. The highest BCUT2D eigenvalue weighted by Crippen LogP contribution is 2.21. The van der Waals surface area contributed by atoms with Crippen LogP contribution in [0.2, 0.25) is 0 Å². The predicted octanol–water partition coefficient (Wildman–Crippen LogP) is 2.58. The Morgan fingerprint density at radius 1 is 1.12 bits per heavy atom. The lowest BCUT2D eigenvalue weighted by molar-refractivity contribution is 0.585. The molecule has 6 nitrogen and oxygen atoms in total. The summed E-state index contributed by atoms with van der Waals surface area (Å²) >= 11 is 0. The zero-order chi connectivity index (χ0) is 17.2. The Morgan fingerprint density at radius 3 is 2.62 bits per heavy atom. The molecule has 2 heterocycles. The minimum atomic E-state index is -3.21. The fourth-order valence-electron chi connectivity index (χ4n) is 2.76. The largest absolute Gasteiger partial charge is 0.382 e. The zero-order valence-electron chi connectivity index (χ0n) is 13.5. The first-order chi connectivity index (χ1) is 11.5. The molecule has 0 atom stereocenters. The molecule has 0 spiro atoms. The van der Waals surface area contributed by atoms with E-state index in [1.165, 1.54) is 0 Å². The van der Waals surface area contributed by atoms with Gasteiger partial charge in [0.25, 0.3) is 0 Å². The van der Waals surface area contributed by atoms with Crippen LogP contribution in [0.15, 0.2) is 47.8 Å². The van der Waals surface area contributed by atoms with Gasteiger partial charge in [-0.15, -0.1) is 0 Å². The second kappa shape index (κ2) is 6.60. The van der Waals surface area contributed by atoms with Gasteiger partial charge in [-0.3, -0.25) is 0 Å². The number of aromatic nitrogens is 3. The molecule has 7 heteroatoms. The Balaban J connectivity index is 1.65. The fourth-order valence-corrected chi connectivity index (χ4v) is 4.15. The normalized spacial score (nSPS) is 11.9. The number of imidazole rings is 1. The number of pyridine rings is 1. The number of nitrogens with two attached hydrogens (primary N) is 1. The van der Waals surface area contributed by atoms with Crippen molar-refractivity contribution in [3.05, 3.63) is 48.4 Å². The highest BCUT2D eigenvalue weighted by atomic mass is 32.2. The third-order valence-corrected chi connectivity index (χ3v) is 5.83. The molecule has 0 radical (unpaired) electrons. The Hall–Kier alpha value is -2.41. The Labute approximate surface area is 141 Å². The molecule has 0 fully saturated rings. The quantitative estimate of drug-likeness (QED) is 0.694. The summed E-state index contributed by atoms with van der Waals surface area (Å²) in [6.07, 6.45) is 4.81. The van der Waals surface area contributed by atoms with Gasteiger partial charge in [-0.05, 0) is 37.5 Å². The van der Waals surface area contributed by atoms with Gasteiger partial charge >= 0.3 is 0 Å². The molecule has 0 amide bonds. The van der Waals surface area contributed by atoms with Gasteiger partial charge in [0.05, 0.1) is 22.5 Å². The number of unbranched alkanes of at least 4 members (excludes halogenated alkanes) is 1. The van der Waals surface area contributed by atoms with Gasteiger partial charge in [-0.2, -0.15) is 0 Å². The monoisotopic (exact) mass is 344 g/mol. The second-order valence-corrected chi connectivity index (χ2v) is 7.91. The Bertz CT molecular complexity index is 949. The predicted molar refractivity (Wildman–Crippen MR) is 94.4 cm³/mol. The van der Waals surface area contributed by atoms with E-state index in [1.54, 1.807) is 36.8 Å². The average Bonchev–Trinajstić information content (AvgIpc) is 3.01. The van der Waals surface area contributed by atoms with Crippen LogP contribution in [0.25, 0.3) is 11.0 Å². The molecule has 3 aromatic rings. The minimum absolute atomic E-state index is 0.145. The van der Waals surface area contributed by atoms with Gasteiger partial charge in [0.1, 0.15) is 5.52 Å². The van der Waals surface area contributed by atoms with E-state index in [0.29, 0.717) is 29.2 Å². The van der Waals surface area contributed by atoms with Gasteiger partial charge in [0.15, 0.2) is 15.7 Å². The van der Waals surface area contributed by atoms with Crippen molar-refractivity contribution in [1.82, 2.24) is 14.5 Å². The standard InChI is InChI=1S/C17H20N4O2S/c1-13-11-19-17(18)15-16(13)21(12-20-15)9-5-6-10-24(22,23)14-7-3-2-4-8-14/h2-4,7-8,11-12H,5-6,9-10H2,1H3,(H2,18,19). The van der Waals surface area contributed by atoms with Crippen LogP contribution < -0.4 is 5.73 Å². The van der Waals surface area contributed by atoms with E-state index in [2.05, 4.69) is 9.97 Å². The third-order valence-electron chi connectivity index (χ3n) is 4.02. The van der Waals surface area contributed by atoms with E-state index >= 15 is 0 Å². The molecule has 0 aliphatic rings. The van der Waals surface area contributed by atoms with E-state index in [-0.39, 0.29) is 5.75 Å². The first kappa shape index (κ1) is 16.4.